The van der Waals surface area contributed by atoms with Crippen LogP contribution in [0.15, 0.2) is 47.1 Å². The normalized spacial score (nSPS) is 10.8. The summed E-state index contributed by atoms with van der Waals surface area (Å²) < 4.78 is 31.9. The average molecular weight is 288 g/mol. The van der Waals surface area contributed by atoms with Gasteiger partial charge in [-0.2, -0.15) is 0 Å². The largest absolute Gasteiger partial charge is 0.463 e. The molecule has 1 heterocycles. The molecule has 2 aromatic carbocycles. The van der Waals surface area contributed by atoms with Crippen LogP contribution in [0.25, 0.3) is 11.0 Å². The predicted octanol–water partition coefficient (Wildman–Crippen LogP) is 3.55. The fraction of sp³-hybridized carbons (Fsp3) is 0. The summed E-state index contributed by atoms with van der Waals surface area (Å²) in [4.78, 5) is 12.2. The van der Waals surface area contributed by atoms with Gasteiger partial charge in [0.05, 0.1) is 16.9 Å². The van der Waals surface area contributed by atoms with Crippen molar-refractivity contribution in [2.45, 2.75) is 0 Å². The van der Waals surface area contributed by atoms with Gasteiger partial charge in [-0.3, -0.25) is 4.79 Å². The highest BCUT2D eigenvalue weighted by atomic mass is 19.1. The molecule has 3 rings (SSSR count). The lowest BCUT2D eigenvalue weighted by Gasteiger charge is -2.07. The summed E-state index contributed by atoms with van der Waals surface area (Å²) in [6, 6.07) is 8.61. The molecule has 0 aliphatic carbocycles. The summed E-state index contributed by atoms with van der Waals surface area (Å²) in [7, 11) is 0. The van der Waals surface area contributed by atoms with E-state index in [0.29, 0.717) is 17.0 Å². The minimum absolute atomic E-state index is 0.191. The van der Waals surface area contributed by atoms with Gasteiger partial charge in [0.15, 0.2) is 0 Å². The van der Waals surface area contributed by atoms with Gasteiger partial charge in [0.2, 0.25) is 0 Å². The first kappa shape index (κ1) is 13.1. The third-order valence-corrected chi connectivity index (χ3v) is 3.06. The standard InChI is InChI=1S/C15H10F2N2O2/c16-10-5-11(17)13(6-12(10)18)19-15(20)9-7-21-14-4-2-1-3-8(9)14/h1-7H,18H2,(H,19,20). The second-order valence-corrected chi connectivity index (χ2v) is 4.45. The van der Waals surface area contributed by atoms with Gasteiger partial charge in [0.25, 0.3) is 5.91 Å². The van der Waals surface area contributed by atoms with Crippen LogP contribution in [0.5, 0.6) is 0 Å². The number of furan rings is 1. The molecule has 21 heavy (non-hydrogen) atoms. The highest BCUT2D eigenvalue weighted by Crippen LogP contribution is 2.24. The smallest absolute Gasteiger partial charge is 0.259 e. The van der Waals surface area contributed by atoms with Crippen LogP contribution >= 0.6 is 0 Å². The molecule has 1 aromatic heterocycles. The van der Waals surface area contributed by atoms with Gasteiger partial charge < -0.3 is 15.5 Å². The monoisotopic (exact) mass is 288 g/mol. The van der Waals surface area contributed by atoms with E-state index in [9.17, 15) is 13.6 Å². The molecule has 6 heteroatoms. The summed E-state index contributed by atoms with van der Waals surface area (Å²) in [5, 5.41) is 2.95. The number of anilines is 2. The molecule has 3 aromatic rings. The average Bonchev–Trinajstić information content (AvgIpc) is 2.88. The van der Waals surface area contributed by atoms with Crippen molar-refractivity contribution >= 4 is 28.3 Å². The molecule has 0 aliphatic rings. The van der Waals surface area contributed by atoms with Gasteiger partial charge in [0, 0.05) is 11.5 Å². The van der Waals surface area contributed by atoms with Gasteiger partial charge in [-0.1, -0.05) is 18.2 Å². The highest BCUT2D eigenvalue weighted by molar-refractivity contribution is 6.12. The second kappa shape index (κ2) is 4.90. The number of carbonyl (C=O) groups excluding carboxylic acids is 1. The summed E-state index contributed by atoms with van der Waals surface area (Å²) in [6.07, 6.45) is 1.28. The first-order chi connectivity index (χ1) is 10.1. The summed E-state index contributed by atoms with van der Waals surface area (Å²) >= 11 is 0. The molecule has 4 nitrogen and oxygen atoms in total. The van der Waals surface area contributed by atoms with Crippen molar-refractivity contribution in [1.29, 1.82) is 0 Å². The highest BCUT2D eigenvalue weighted by Gasteiger charge is 2.16. The Balaban J connectivity index is 1.95. The van der Waals surface area contributed by atoms with E-state index < -0.39 is 17.5 Å². The molecule has 0 bridgehead atoms. The van der Waals surface area contributed by atoms with E-state index in [4.69, 9.17) is 10.2 Å². The van der Waals surface area contributed by atoms with Gasteiger partial charge in [-0.25, -0.2) is 8.78 Å². The quantitative estimate of drug-likeness (QED) is 0.709. The molecule has 106 valence electrons. The Labute approximate surface area is 118 Å². The number of nitrogen functional groups attached to an aromatic ring is 1. The number of benzene rings is 2. The molecule has 0 fully saturated rings. The zero-order chi connectivity index (χ0) is 15.0. The molecule has 3 N–H and O–H groups in total. The fourth-order valence-corrected chi connectivity index (χ4v) is 2.00. The Morgan fingerprint density at radius 2 is 1.90 bits per heavy atom. The third-order valence-electron chi connectivity index (χ3n) is 3.06. The van der Waals surface area contributed by atoms with Crippen LogP contribution in [0.4, 0.5) is 20.2 Å². The Bertz CT molecular complexity index is 843. The number of carbonyl (C=O) groups is 1. The van der Waals surface area contributed by atoms with E-state index in [1.165, 1.54) is 6.26 Å². The lowest BCUT2D eigenvalue weighted by molar-refractivity contribution is 0.102. The molecule has 0 atom stereocenters. The van der Waals surface area contributed by atoms with E-state index in [0.717, 1.165) is 6.07 Å². The Hall–Kier alpha value is -2.89. The zero-order valence-corrected chi connectivity index (χ0v) is 10.7. The number of amides is 1. The van der Waals surface area contributed by atoms with Crippen molar-refractivity contribution in [2.75, 3.05) is 11.1 Å². The summed E-state index contributed by atoms with van der Waals surface area (Å²) in [5.74, 6) is -2.34. The number of nitrogens with one attached hydrogen (secondary N) is 1. The number of hydrogen-bond acceptors (Lipinski definition) is 3. The Morgan fingerprint density at radius 1 is 1.14 bits per heavy atom. The van der Waals surface area contributed by atoms with Crippen LogP contribution < -0.4 is 11.1 Å². The van der Waals surface area contributed by atoms with Crippen LogP contribution in [0.1, 0.15) is 10.4 Å². The molecular weight excluding hydrogens is 278 g/mol. The minimum atomic E-state index is -0.900. The third kappa shape index (κ3) is 2.31. The number of nitrogens with two attached hydrogens (primary N) is 1. The van der Waals surface area contributed by atoms with Crippen LogP contribution in [0.2, 0.25) is 0 Å². The predicted molar refractivity (Wildman–Crippen MR) is 74.9 cm³/mol. The second-order valence-electron chi connectivity index (χ2n) is 4.45. The number of para-hydroxylation sites is 1. The first-order valence-electron chi connectivity index (χ1n) is 6.08. The van der Waals surface area contributed by atoms with Crippen molar-refractivity contribution in [3.8, 4) is 0 Å². The topological polar surface area (TPSA) is 68.3 Å². The van der Waals surface area contributed by atoms with Crippen LogP contribution in [0, 0.1) is 11.6 Å². The molecule has 0 saturated carbocycles. The van der Waals surface area contributed by atoms with Crippen LogP contribution in [-0.2, 0) is 0 Å². The van der Waals surface area contributed by atoms with Gasteiger partial charge in [0.1, 0.15) is 23.5 Å². The van der Waals surface area contributed by atoms with E-state index in [1.54, 1.807) is 24.3 Å². The number of halogens is 2. The molecule has 0 radical (unpaired) electrons. The molecule has 0 spiro atoms. The minimum Gasteiger partial charge on any atom is -0.463 e. The molecule has 0 aliphatic heterocycles. The van der Waals surface area contributed by atoms with E-state index >= 15 is 0 Å². The Kier molecular flexibility index (Phi) is 3.06. The van der Waals surface area contributed by atoms with Crippen molar-refractivity contribution in [1.82, 2.24) is 0 Å². The number of rotatable bonds is 2. The maximum atomic E-state index is 13.6. The molecule has 0 unspecified atom stereocenters. The van der Waals surface area contributed by atoms with Gasteiger partial charge in [-0.05, 0) is 12.1 Å². The van der Waals surface area contributed by atoms with Gasteiger partial charge in [-0.15, -0.1) is 0 Å². The van der Waals surface area contributed by atoms with Crippen molar-refractivity contribution in [3.05, 3.63) is 59.9 Å². The van der Waals surface area contributed by atoms with Crippen molar-refractivity contribution < 1.29 is 18.0 Å². The maximum absolute atomic E-state index is 13.6. The lowest BCUT2D eigenvalue weighted by Crippen LogP contribution is -2.13. The summed E-state index contributed by atoms with van der Waals surface area (Å²) in [5.41, 5.74) is 5.73. The summed E-state index contributed by atoms with van der Waals surface area (Å²) in [6.45, 7) is 0. The van der Waals surface area contributed by atoms with Crippen molar-refractivity contribution in [2.24, 2.45) is 0 Å². The number of fused-ring (bicyclic) bond motifs is 1. The number of hydrogen-bond donors (Lipinski definition) is 2. The fourth-order valence-electron chi connectivity index (χ4n) is 2.00. The lowest BCUT2D eigenvalue weighted by atomic mass is 10.1. The van der Waals surface area contributed by atoms with Crippen LogP contribution in [-0.4, -0.2) is 5.91 Å². The molecular formula is C15H10F2N2O2. The van der Waals surface area contributed by atoms with E-state index in [1.807, 2.05) is 0 Å². The molecule has 0 saturated heterocycles. The van der Waals surface area contributed by atoms with E-state index in [2.05, 4.69) is 5.32 Å². The van der Waals surface area contributed by atoms with Gasteiger partial charge >= 0.3 is 0 Å². The molecule has 1 amide bonds. The van der Waals surface area contributed by atoms with Crippen LogP contribution in [0.3, 0.4) is 0 Å². The zero-order valence-electron chi connectivity index (χ0n) is 10.7. The maximum Gasteiger partial charge on any atom is 0.259 e. The van der Waals surface area contributed by atoms with E-state index in [-0.39, 0.29) is 16.9 Å². The SMILES string of the molecule is Nc1cc(NC(=O)c2coc3ccccc23)c(F)cc1F. The Morgan fingerprint density at radius 3 is 2.71 bits per heavy atom. The first-order valence-corrected chi connectivity index (χ1v) is 6.08. The van der Waals surface area contributed by atoms with Crippen molar-refractivity contribution in [3.63, 3.8) is 0 Å².